The molecule has 1 aromatic rings. The zero-order valence-electron chi connectivity index (χ0n) is 11.3. The number of nitrogens with zero attached hydrogens (tertiary/aromatic N) is 1. The molecule has 0 aliphatic carbocycles. The van der Waals surface area contributed by atoms with E-state index in [2.05, 4.69) is 6.92 Å². The molecule has 1 fully saturated rings. The Bertz CT molecular complexity index is 433. The summed E-state index contributed by atoms with van der Waals surface area (Å²) >= 11 is 0. The highest BCUT2D eigenvalue weighted by molar-refractivity contribution is 5.78. The molecular weight excluding hydrogens is 242 g/mol. The molecule has 4 nitrogen and oxygen atoms in total. The van der Waals surface area contributed by atoms with Crippen molar-refractivity contribution >= 4 is 5.91 Å². The van der Waals surface area contributed by atoms with Crippen LogP contribution in [-0.4, -0.2) is 41.7 Å². The number of likely N-dealkylation sites (tertiary alicyclic amines) is 1. The summed E-state index contributed by atoms with van der Waals surface area (Å²) in [6.45, 7) is 2.89. The molecule has 1 saturated heterocycles. The quantitative estimate of drug-likeness (QED) is 0.878. The van der Waals surface area contributed by atoms with E-state index in [1.54, 1.807) is 4.90 Å². The number of aliphatic hydroxyl groups excluding tert-OH is 1. The second-order valence-corrected chi connectivity index (χ2v) is 4.86. The number of hydrogen-bond acceptors (Lipinski definition) is 3. The summed E-state index contributed by atoms with van der Waals surface area (Å²) in [4.78, 5) is 13.8. The van der Waals surface area contributed by atoms with E-state index in [4.69, 9.17) is 4.74 Å². The third-order valence-electron chi connectivity index (χ3n) is 3.58. The Morgan fingerprint density at radius 2 is 2.37 bits per heavy atom. The first-order valence-electron chi connectivity index (χ1n) is 6.86. The largest absolute Gasteiger partial charge is 0.484 e. The van der Waals surface area contributed by atoms with Gasteiger partial charge in [-0.25, -0.2) is 0 Å². The van der Waals surface area contributed by atoms with E-state index in [1.165, 1.54) is 5.56 Å². The number of carbonyl (C=O) groups excluding carboxylic acids is 1. The molecule has 1 heterocycles. The lowest BCUT2D eigenvalue weighted by Crippen LogP contribution is -2.40. The molecule has 0 radical (unpaired) electrons. The van der Waals surface area contributed by atoms with E-state index in [1.807, 2.05) is 24.3 Å². The summed E-state index contributed by atoms with van der Waals surface area (Å²) in [5.41, 5.74) is 1.19. The van der Waals surface area contributed by atoms with Crippen molar-refractivity contribution in [3.05, 3.63) is 29.8 Å². The van der Waals surface area contributed by atoms with E-state index >= 15 is 0 Å². The Morgan fingerprint density at radius 1 is 1.53 bits per heavy atom. The van der Waals surface area contributed by atoms with E-state index in [9.17, 15) is 9.90 Å². The van der Waals surface area contributed by atoms with Gasteiger partial charge in [-0.15, -0.1) is 0 Å². The molecule has 0 spiro atoms. The summed E-state index contributed by atoms with van der Waals surface area (Å²) in [5.74, 6) is 0.686. The summed E-state index contributed by atoms with van der Waals surface area (Å²) in [6.07, 6.45) is 2.79. The molecule has 0 aromatic heterocycles. The summed E-state index contributed by atoms with van der Waals surface area (Å²) in [7, 11) is 0. The Hall–Kier alpha value is -1.55. The van der Waals surface area contributed by atoms with Crippen LogP contribution >= 0.6 is 0 Å². The van der Waals surface area contributed by atoms with Gasteiger partial charge >= 0.3 is 0 Å². The van der Waals surface area contributed by atoms with Crippen LogP contribution in [0.2, 0.25) is 0 Å². The van der Waals surface area contributed by atoms with Gasteiger partial charge in [0.25, 0.3) is 5.91 Å². The average molecular weight is 263 g/mol. The van der Waals surface area contributed by atoms with Crippen LogP contribution in [0.3, 0.4) is 0 Å². The first-order valence-corrected chi connectivity index (χ1v) is 6.86. The normalized spacial score (nSPS) is 18.6. The van der Waals surface area contributed by atoms with Gasteiger partial charge in [-0.2, -0.15) is 0 Å². The maximum Gasteiger partial charge on any atom is 0.260 e. The molecule has 0 saturated carbocycles. The van der Waals surface area contributed by atoms with E-state index < -0.39 is 0 Å². The highest BCUT2D eigenvalue weighted by Crippen LogP contribution is 2.18. The maximum atomic E-state index is 12.0. The van der Waals surface area contributed by atoms with Gasteiger partial charge in [0.2, 0.25) is 0 Å². The lowest BCUT2D eigenvalue weighted by molar-refractivity contribution is -0.134. The monoisotopic (exact) mass is 263 g/mol. The van der Waals surface area contributed by atoms with Gasteiger partial charge in [0.15, 0.2) is 6.61 Å². The number of rotatable bonds is 5. The first-order chi connectivity index (χ1) is 9.24. The molecular formula is C15H21NO3. The van der Waals surface area contributed by atoms with E-state index in [0.717, 1.165) is 31.6 Å². The fraction of sp³-hybridized carbons (Fsp3) is 0.533. The molecule has 1 aliphatic heterocycles. The SMILES string of the molecule is CCc1cccc(OCC(=O)N2CCCC2CO)c1. The van der Waals surface area contributed by atoms with Crippen molar-refractivity contribution in [1.82, 2.24) is 4.90 Å². The second-order valence-electron chi connectivity index (χ2n) is 4.86. The first kappa shape index (κ1) is 13.9. The molecule has 1 amide bonds. The van der Waals surface area contributed by atoms with Gasteiger partial charge in [-0.1, -0.05) is 19.1 Å². The average Bonchev–Trinajstić information content (AvgIpc) is 2.93. The number of amides is 1. The minimum absolute atomic E-state index is 0.0296. The molecule has 19 heavy (non-hydrogen) atoms. The Kier molecular flexibility index (Phi) is 4.80. The Labute approximate surface area is 114 Å². The van der Waals surface area contributed by atoms with Crippen molar-refractivity contribution in [2.24, 2.45) is 0 Å². The molecule has 1 aromatic carbocycles. The molecule has 1 aliphatic rings. The molecule has 2 rings (SSSR count). The van der Waals surface area contributed by atoms with Crippen molar-refractivity contribution < 1.29 is 14.6 Å². The standard InChI is InChI=1S/C15H21NO3/c1-2-12-5-3-7-14(9-12)19-11-15(18)16-8-4-6-13(16)10-17/h3,5,7,9,13,17H,2,4,6,8,10-11H2,1H3. The second kappa shape index (κ2) is 6.57. The van der Waals surface area contributed by atoms with E-state index in [0.29, 0.717) is 0 Å². The van der Waals surface area contributed by atoms with Crippen LogP contribution in [0.1, 0.15) is 25.3 Å². The van der Waals surface area contributed by atoms with Gasteiger partial charge in [0.05, 0.1) is 12.6 Å². The highest BCUT2D eigenvalue weighted by atomic mass is 16.5. The number of carbonyl (C=O) groups is 1. The lowest BCUT2D eigenvalue weighted by atomic mass is 10.2. The number of ether oxygens (including phenoxy) is 1. The van der Waals surface area contributed by atoms with Crippen LogP contribution in [0, 0.1) is 0 Å². The topological polar surface area (TPSA) is 49.8 Å². The lowest BCUT2D eigenvalue weighted by Gasteiger charge is -2.23. The van der Waals surface area contributed by atoms with Crippen molar-refractivity contribution in [3.8, 4) is 5.75 Å². The smallest absolute Gasteiger partial charge is 0.260 e. The molecule has 1 unspecified atom stereocenters. The summed E-state index contributed by atoms with van der Waals surface area (Å²) < 4.78 is 5.54. The van der Waals surface area contributed by atoms with Gasteiger partial charge in [0.1, 0.15) is 5.75 Å². The molecule has 4 heteroatoms. The Balaban J connectivity index is 1.89. The number of aliphatic hydroxyl groups is 1. The van der Waals surface area contributed by atoms with Gasteiger partial charge < -0.3 is 14.7 Å². The Morgan fingerprint density at radius 3 is 3.11 bits per heavy atom. The maximum absolute atomic E-state index is 12.0. The van der Waals surface area contributed by atoms with Crippen molar-refractivity contribution in [3.63, 3.8) is 0 Å². The minimum Gasteiger partial charge on any atom is -0.484 e. The summed E-state index contributed by atoms with van der Waals surface area (Å²) in [5, 5.41) is 9.20. The molecule has 0 bridgehead atoms. The number of aryl methyl sites for hydroxylation is 1. The van der Waals surface area contributed by atoms with Crippen LogP contribution in [0.4, 0.5) is 0 Å². The van der Waals surface area contributed by atoms with Crippen molar-refractivity contribution in [2.45, 2.75) is 32.2 Å². The zero-order valence-corrected chi connectivity index (χ0v) is 11.3. The van der Waals surface area contributed by atoms with Gasteiger partial charge in [-0.3, -0.25) is 4.79 Å². The summed E-state index contributed by atoms with van der Waals surface area (Å²) in [6, 6.07) is 7.76. The van der Waals surface area contributed by atoms with E-state index in [-0.39, 0.29) is 25.2 Å². The fourth-order valence-electron chi connectivity index (χ4n) is 2.44. The van der Waals surface area contributed by atoms with Crippen LogP contribution in [-0.2, 0) is 11.2 Å². The predicted molar refractivity (Wildman–Crippen MR) is 73.1 cm³/mol. The third kappa shape index (κ3) is 3.47. The number of benzene rings is 1. The van der Waals surface area contributed by atoms with Crippen molar-refractivity contribution in [1.29, 1.82) is 0 Å². The van der Waals surface area contributed by atoms with Crippen LogP contribution < -0.4 is 4.74 Å². The van der Waals surface area contributed by atoms with Gasteiger partial charge in [-0.05, 0) is 37.0 Å². The molecule has 104 valence electrons. The minimum atomic E-state index is -0.0431. The van der Waals surface area contributed by atoms with Crippen LogP contribution in [0.25, 0.3) is 0 Å². The van der Waals surface area contributed by atoms with Gasteiger partial charge in [0, 0.05) is 6.54 Å². The number of hydrogen-bond donors (Lipinski definition) is 1. The zero-order chi connectivity index (χ0) is 13.7. The third-order valence-corrected chi connectivity index (χ3v) is 3.58. The molecule has 1 N–H and O–H groups in total. The molecule has 1 atom stereocenters. The van der Waals surface area contributed by atoms with Crippen molar-refractivity contribution in [2.75, 3.05) is 19.8 Å². The highest BCUT2D eigenvalue weighted by Gasteiger charge is 2.28. The van der Waals surface area contributed by atoms with Crippen LogP contribution in [0.5, 0.6) is 5.75 Å². The fourth-order valence-corrected chi connectivity index (χ4v) is 2.44. The van der Waals surface area contributed by atoms with Crippen LogP contribution in [0.15, 0.2) is 24.3 Å². The predicted octanol–water partition coefficient (Wildman–Crippen LogP) is 1.61.